The normalized spacial score (nSPS) is 18.9. The Labute approximate surface area is 174 Å². The van der Waals surface area contributed by atoms with E-state index in [-0.39, 0.29) is 41.4 Å². The van der Waals surface area contributed by atoms with E-state index in [0.29, 0.717) is 6.54 Å². The third kappa shape index (κ3) is 5.04. The van der Waals surface area contributed by atoms with Crippen LogP contribution < -0.4 is 40.0 Å². The molecule has 1 amide bonds. The zero-order valence-electron chi connectivity index (χ0n) is 14.7. The molecule has 1 aromatic heterocycles. The molecule has 0 saturated heterocycles. The van der Waals surface area contributed by atoms with Crippen molar-refractivity contribution in [3.8, 4) is 0 Å². The van der Waals surface area contributed by atoms with E-state index in [1.54, 1.807) is 12.3 Å². The Morgan fingerprint density at radius 3 is 2.31 bits per heavy atom. The molecule has 1 aromatic carbocycles. The number of hydrogen-bond donors (Lipinski definition) is 1. The van der Waals surface area contributed by atoms with E-state index < -0.39 is 17.8 Å². The van der Waals surface area contributed by atoms with Gasteiger partial charge in [0, 0.05) is 36.2 Å². The number of pyridine rings is 1. The summed E-state index contributed by atoms with van der Waals surface area (Å²) in [5.41, 5.74) is 2.05. The quantitative estimate of drug-likeness (QED) is 0.462. The van der Waals surface area contributed by atoms with E-state index in [2.05, 4.69) is 10.3 Å². The van der Waals surface area contributed by atoms with Gasteiger partial charge in [-0.3, -0.25) is 9.78 Å². The number of amides is 1. The molecule has 128 valence electrons. The van der Waals surface area contributed by atoms with Crippen molar-refractivity contribution in [2.24, 2.45) is 11.8 Å². The molecule has 0 spiro atoms. The molecule has 6 heteroatoms. The summed E-state index contributed by atoms with van der Waals surface area (Å²) >= 11 is 0. The van der Waals surface area contributed by atoms with Crippen LogP contribution in [0.3, 0.4) is 0 Å². The van der Waals surface area contributed by atoms with Crippen LogP contribution in [0.4, 0.5) is 0 Å². The summed E-state index contributed by atoms with van der Waals surface area (Å²) in [6, 6.07) is 15.7. The number of aliphatic carboxylic acids is 1. The Bertz CT molecular complexity index is 765. The molecular weight excluding hydrogens is 339 g/mol. The summed E-state index contributed by atoms with van der Waals surface area (Å²) in [6.45, 7) is 0.398. The van der Waals surface area contributed by atoms with Crippen LogP contribution in [0.25, 0.3) is 0 Å². The number of rotatable bonds is 7. The summed E-state index contributed by atoms with van der Waals surface area (Å²) in [6.07, 6.45) is 5.56. The number of carboxylic acids is 1. The first-order chi connectivity index (χ1) is 12.1. The zero-order chi connectivity index (χ0) is 17.6. The van der Waals surface area contributed by atoms with Crippen molar-refractivity contribution < 1.29 is 44.3 Å². The summed E-state index contributed by atoms with van der Waals surface area (Å²) in [5, 5.41) is 13.8. The molecule has 1 aliphatic carbocycles. The van der Waals surface area contributed by atoms with Crippen LogP contribution in [0, 0.1) is 11.8 Å². The van der Waals surface area contributed by atoms with Gasteiger partial charge < -0.3 is 15.2 Å². The molecule has 2 aromatic rings. The third-order valence-corrected chi connectivity index (χ3v) is 4.44. The average molecular weight is 358 g/mol. The predicted molar refractivity (Wildman–Crippen MR) is 91.3 cm³/mol. The first kappa shape index (κ1) is 20.4. The van der Waals surface area contributed by atoms with Gasteiger partial charge in [0.1, 0.15) is 0 Å². The van der Waals surface area contributed by atoms with Gasteiger partial charge in [0.05, 0.1) is 5.92 Å². The van der Waals surface area contributed by atoms with Gasteiger partial charge in [-0.15, -0.1) is 0 Å². The number of benzene rings is 1. The minimum atomic E-state index is -1.21. The van der Waals surface area contributed by atoms with Crippen LogP contribution in [0.5, 0.6) is 0 Å². The predicted octanol–water partition coefficient (Wildman–Crippen LogP) is -1.92. The molecule has 3 rings (SSSR count). The number of carboxylic acid groups (broad SMARTS) is 1. The maximum Gasteiger partial charge on any atom is 1.00 e. The Kier molecular flexibility index (Phi) is 7.57. The minimum absolute atomic E-state index is 0. The minimum Gasteiger partial charge on any atom is -0.549 e. The Morgan fingerprint density at radius 1 is 1.04 bits per heavy atom. The van der Waals surface area contributed by atoms with Gasteiger partial charge in [0.2, 0.25) is 5.91 Å². The van der Waals surface area contributed by atoms with Crippen LogP contribution in [-0.2, 0) is 16.0 Å². The molecule has 0 saturated carbocycles. The summed E-state index contributed by atoms with van der Waals surface area (Å²) in [4.78, 5) is 27.6. The van der Waals surface area contributed by atoms with Gasteiger partial charge in [-0.1, -0.05) is 48.6 Å². The van der Waals surface area contributed by atoms with Crippen molar-refractivity contribution in [2.75, 3.05) is 6.54 Å². The standard InChI is InChI=1S/C20H20N2O3.Na/c23-19(16-9-10-17(16)20(24)25)22-13-15(18-8-4-5-11-21-18)12-14-6-2-1-3-7-14;/h1-11,15-17H,12-13H2,(H,22,23)(H,24,25);/q;+1/p-1/t15?,16-,17+;/m0./s1. The monoisotopic (exact) mass is 358 g/mol. The van der Waals surface area contributed by atoms with Crippen LogP contribution in [0.1, 0.15) is 17.2 Å². The second-order valence-corrected chi connectivity index (χ2v) is 6.14. The molecule has 1 aliphatic rings. The molecule has 26 heavy (non-hydrogen) atoms. The number of aromatic nitrogens is 1. The summed E-state index contributed by atoms with van der Waals surface area (Å²) in [7, 11) is 0. The summed E-state index contributed by atoms with van der Waals surface area (Å²) in [5.74, 6) is -2.97. The van der Waals surface area contributed by atoms with Crippen molar-refractivity contribution >= 4 is 11.9 Å². The fourth-order valence-corrected chi connectivity index (χ4v) is 2.95. The maximum atomic E-state index is 12.3. The fraction of sp³-hybridized carbons (Fsp3) is 0.250. The van der Waals surface area contributed by atoms with E-state index in [9.17, 15) is 14.7 Å². The molecule has 1 heterocycles. The van der Waals surface area contributed by atoms with Crippen LogP contribution >= 0.6 is 0 Å². The number of nitrogens with one attached hydrogen (secondary N) is 1. The molecule has 5 nitrogen and oxygen atoms in total. The topological polar surface area (TPSA) is 82.1 Å². The second kappa shape index (κ2) is 9.67. The van der Waals surface area contributed by atoms with Crippen LogP contribution in [-0.4, -0.2) is 23.4 Å². The third-order valence-electron chi connectivity index (χ3n) is 4.44. The van der Waals surface area contributed by atoms with Gasteiger partial charge in [0.25, 0.3) is 0 Å². The maximum absolute atomic E-state index is 12.3. The second-order valence-electron chi connectivity index (χ2n) is 6.14. The molecular formula is C20H19N2NaO3. The van der Waals surface area contributed by atoms with E-state index in [4.69, 9.17) is 0 Å². The largest absolute Gasteiger partial charge is 1.00 e. The van der Waals surface area contributed by atoms with Gasteiger partial charge in [-0.05, 0) is 24.1 Å². The summed E-state index contributed by atoms with van der Waals surface area (Å²) < 4.78 is 0. The SMILES string of the molecule is O=C(NCC(Cc1ccccc1)c1ccccn1)[C@H]1C=C[C@H]1C(=O)[O-].[Na+]. The number of hydrogen-bond acceptors (Lipinski definition) is 4. The van der Waals surface area contributed by atoms with Gasteiger partial charge in [-0.2, -0.15) is 0 Å². The van der Waals surface area contributed by atoms with E-state index in [0.717, 1.165) is 17.7 Å². The average Bonchev–Trinajstić information content (AvgIpc) is 2.58. The van der Waals surface area contributed by atoms with Gasteiger partial charge >= 0.3 is 29.6 Å². The van der Waals surface area contributed by atoms with Crippen molar-refractivity contribution in [3.63, 3.8) is 0 Å². The van der Waals surface area contributed by atoms with Crippen LogP contribution in [0.2, 0.25) is 0 Å². The molecule has 0 bridgehead atoms. The number of carbonyl (C=O) groups is 2. The zero-order valence-corrected chi connectivity index (χ0v) is 16.7. The molecule has 0 fully saturated rings. The fourth-order valence-electron chi connectivity index (χ4n) is 2.95. The van der Waals surface area contributed by atoms with E-state index in [1.165, 1.54) is 6.08 Å². The van der Waals surface area contributed by atoms with E-state index in [1.807, 2.05) is 48.5 Å². The van der Waals surface area contributed by atoms with Crippen molar-refractivity contribution in [3.05, 3.63) is 78.1 Å². The Morgan fingerprint density at radius 2 is 1.73 bits per heavy atom. The smallest absolute Gasteiger partial charge is 0.549 e. The molecule has 0 radical (unpaired) electrons. The van der Waals surface area contributed by atoms with E-state index >= 15 is 0 Å². The molecule has 1 N–H and O–H groups in total. The molecule has 3 atom stereocenters. The van der Waals surface area contributed by atoms with Crippen molar-refractivity contribution in [2.45, 2.75) is 12.3 Å². The van der Waals surface area contributed by atoms with Crippen LogP contribution in [0.15, 0.2) is 66.9 Å². The van der Waals surface area contributed by atoms with Gasteiger partial charge in [-0.25, -0.2) is 0 Å². The first-order valence-corrected chi connectivity index (χ1v) is 8.27. The Balaban J connectivity index is 0.00000243. The van der Waals surface area contributed by atoms with Crippen molar-refractivity contribution in [1.29, 1.82) is 0 Å². The molecule has 0 aliphatic heterocycles. The van der Waals surface area contributed by atoms with Crippen molar-refractivity contribution in [1.82, 2.24) is 10.3 Å². The van der Waals surface area contributed by atoms with Gasteiger partial charge in [0.15, 0.2) is 0 Å². The number of carbonyl (C=O) groups excluding carboxylic acids is 2. The Hall–Kier alpha value is -1.95. The first-order valence-electron chi connectivity index (χ1n) is 8.27. The molecule has 1 unspecified atom stereocenters. The number of nitrogens with zero attached hydrogens (tertiary/aromatic N) is 1.